The van der Waals surface area contributed by atoms with Gasteiger partial charge in [-0.25, -0.2) is 0 Å². The summed E-state index contributed by atoms with van der Waals surface area (Å²) < 4.78 is 5.55. The van der Waals surface area contributed by atoms with Crippen LogP contribution in [0.3, 0.4) is 0 Å². The first kappa shape index (κ1) is 11.5. The number of rotatable bonds is 4. The molecular formula is C10H20N2O2. The molecule has 4 heteroatoms. The van der Waals surface area contributed by atoms with Crippen molar-refractivity contribution in [3.63, 3.8) is 0 Å². The highest BCUT2D eigenvalue weighted by Gasteiger charge is 2.16. The van der Waals surface area contributed by atoms with Gasteiger partial charge in [-0.05, 0) is 26.2 Å². The molecule has 2 unspecified atom stereocenters. The summed E-state index contributed by atoms with van der Waals surface area (Å²) in [5.41, 5.74) is 0. The van der Waals surface area contributed by atoms with Gasteiger partial charge >= 0.3 is 0 Å². The minimum absolute atomic E-state index is 0.0285. The van der Waals surface area contributed by atoms with Crippen molar-refractivity contribution in [2.24, 2.45) is 0 Å². The monoisotopic (exact) mass is 200 g/mol. The average molecular weight is 200 g/mol. The Morgan fingerprint density at radius 3 is 2.93 bits per heavy atom. The largest absolute Gasteiger partial charge is 0.377 e. The summed E-state index contributed by atoms with van der Waals surface area (Å²) in [5.74, 6) is 0.0285. The summed E-state index contributed by atoms with van der Waals surface area (Å²) in [5, 5.41) is 5.78. The molecule has 0 aromatic heterocycles. The van der Waals surface area contributed by atoms with Crippen LogP contribution in [-0.4, -0.2) is 38.3 Å². The van der Waals surface area contributed by atoms with Gasteiger partial charge < -0.3 is 15.4 Å². The highest BCUT2D eigenvalue weighted by atomic mass is 16.5. The van der Waals surface area contributed by atoms with Crippen LogP contribution in [0.25, 0.3) is 0 Å². The van der Waals surface area contributed by atoms with Crippen LogP contribution in [0.2, 0.25) is 0 Å². The predicted octanol–water partition coefficient (Wildman–Crippen LogP) is 0.280. The van der Waals surface area contributed by atoms with Gasteiger partial charge in [-0.2, -0.15) is 0 Å². The first-order valence-corrected chi connectivity index (χ1v) is 5.30. The highest BCUT2D eigenvalue weighted by molar-refractivity contribution is 5.80. The van der Waals surface area contributed by atoms with Crippen LogP contribution in [0.15, 0.2) is 0 Å². The van der Waals surface area contributed by atoms with Crippen molar-refractivity contribution >= 4 is 5.91 Å². The average Bonchev–Trinajstić information content (AvgIpc) is 2.26. The number of carbonyl (C=O) groups excluding carboxylic acids is 1. The predicted molar refractivity (Wildman–Crippen MR) is 55.1 cm³/mol. The Morgan fingerprint density at radius 2 is 2.36 bits per heavy atom. The second-order valence-electron chi connectivity index (χ2n) is 3.73. The van der Waals surface area contributed by atoms with Crippen LogP contribution in [0.1, 0.15) is 26.2 Å². The minimum atomic E-state index is -0.134. The second-order valence-corrected chi connectivity index (χ2v) is 3.73. The van der Waals surface area contributed by atoms with E-state index in [1.807, 2.05) is 6.92 Å². The van der Waals surface area contributed by atoms with Crippen molar-refractivity contribution in [2.45, 2.75) is 38.3 Å². The molecular weight excluding hydrogens is 180 g/mol. The van der Waals surface area contributed by atoms with Crippen LogP contribution in [0.4, 0.5) is 0 Å². The molecule has 0 aromatic carbocycles. The Balaban J connectivity index is 2.15. The fourth-order valence-electron chi connectivity index (χ4n) is 1.59. The van der Waals surface area contributed by atoms with Crippen molar-refractivity contribution in [1.29, 1.82) is 0 Å². The summed E-state index contributed by atoms with van der Waals surface area (Å²) in [6, 6.07) is -0.134. The normalized spacial score (nSPS) is 24.3. The van der Waals surface area contributed by atoms with Crippen LogP contribution in [0.5, 0.6) is 0 Å². The van der Waals surface area contributed by atoms with Gasteiger partial charge in [0.15, 0.2) is 0 Å². The Labute approximate surface area is 85.4 Å². The summed E-state index contributed by atoms with van der Waals surface area (Å²) in [6.45, 7) is 3.50. The molecule has 14 heavy (non-hydrogen) atoms. The third-order valence-electron chi connectivity index (χ3n) is 2.57. The molecule has 0 aliphatic carbocycles. The quantitative estimate of drug-likeness (QED) is 0.685. The second kappa shape index (κ2) is 5.98. The maximum atomic E-state index is 11.2. The van der Waals surface area contributed by atoms with Gasteiger partial charge in [0.05, 0.1) is 12.1 Å². The molecule has 0 saturated carbocycles. The number of carbonyl (C=O) groups is 1. The zero-order valence-corrected chi connectivity index (χ0v) is 9.01. The van der Waals surface area contributed by atoms with Crippen LogP contribution < -0.4 is 10.6 Å². The SMILES string of the molecule is CNC(=O)C(C)NCC1CCCCO1. The van der Waals surface area contributed by atoms with Crippen molar-refractivity contribution in [3.8, 4) is 0 Å². The van der Waals surface area contributed by atoms with E-state index in [1.165, 1.54) is 12.8 Å². The summed E-state index contributed by atoms with van der Waals surface area (Å²) in [6.07, 6.45) is 3.80. The number of ether oxygens (including phenoxy) is 1. The van der Waals surface area contributed by atoms with E-state index in [9.17, 15) is 4.79 Å². The molecule has 0 aromatic rings. The topological polar surface area (TPSA) is 50.4 Å². The summed E-state index contributed by atoms with van der Waals surface area (Å²) in [7, 11) is 1.65. The molecule has 2 atom stereocenters. The lowest BCUT2D eigenvalue weighted by molar-refractivity contribution is -0.122. The number of amides is 1. The zero-order chi connectivity index (χ0) is 10.4. The molecule has 82 valence electrons. The number of hydrogen-bond acceptors (Lipinski definition) is 3. The molecule has 4 nitrogen and oxygen atoms in total. The molecule has 1 aliphatic rings. The van der Waals surface area contributed by atoms with Gasteiger partial charge in [0.25, 0.3) is 0 Å². The van der Waals surface area contributed by atoms with Crippen molar-refractivity contribution in [2.75, 3.05) is 20.2 Å². The third-order valence-corrected chi connectivity index (χ3v) is 2.57. The van der Waals surface area contributed by atoms with E-state index in [0.29, 0.717) is 0 Å². The maximum absolute atomic E-state index is 11.2. The Morgan fingerprint density at radius 1 is 1.57 bits per heavy atom. The zero-order valence-electron chi connectivity index (χ0n) is 9.01. The number of nitrogens with one attached hydrogen (secondary N) is 2. The lowest BCUT2D eigenvalue weighted by atomic mass is 10.1. The van der Waals surface area contributed by atoms with Crippen molar-refractivity contribution < 1.29 is 9.53 Å². The lowest BCUT2D eigenvalue weighted by Crippen LogP contribution is -2.44. The highest BCUT2D eigenvalue weighted by Crippen LogP contribution is 2.11. The van der Waals surface area contributed by atoms with Crippen LogP contribution >= 0.6 is 0 Å². The van der Waals surface area contributed by atoms with Gasteiger partial charge in [-0.15, -0.1) is 0 Å². The molecule has 0 radical (unpaired) electrons. The Kier molecular flexibility index (Phi) is 4.90. The van der Waals surface area contributed by atoms with E-state index in [0.717, 1.165) is 19.6 Å². The van der Waals surface area contributed by atoms with E-state index in [2.05, 4.69) is 10.6 Å². The first-order chi connectivity index (χ1) is 6.74. The van der Waals surface area contributed by atoms with Gasteiger partial charge in [-0.3, -0.25) is 4.79 Å². The molecule has 1 saturated heterocycles. The van der Waals surface area contributed by atoms with E-state index in [-0.39, 0.29) is 18.1 Å². The standard InChI is InChI=1S/C10H20N2O2/c1-8(10(13)11-2)12-7-9-5-3-4-6-14-9/h8-9,12H,3-7H2,1-2H3,(H,11,13). The third kappa shape index (κ3) is 3.64. The van der Waals surface area contributed by atoms with Gasteiger partial charge in [0, 0.05) is 20.2 Å². The van der Waals surface area contributed by atoms with Crippen molar-refractivity contribution in [3.05, 3.63) is 0 Å². The van der Waals surface area contributed by atoms with Gasteiger partial charge in [-0.1, -0.05) is 0 Å². The van der Waals surface area contributed by atoms with Gasteiger partial charge in [0.1, 0.15) is 0 Å². The van der Waals surface area contributed by atoms with E-state index in [4.69, 9.17) is 4.74 Å². The number of hydrogen-bond donors (Lipinski definition) is 2. The molecule has 1 rings (SSSR count). The molecule has 1 fully saturated rings. The van der Waals surface area contributed by atoms with Crippen LogP contribution in [0, 0.1) is 0 Å². The van der Waals surface area contributed by atoms with E-state index < -0.39 is 0 Å². The molecule has 1 heterocycles. The summed E-state index contributed by atoms with van der Waals surface area (Å²) >= 11 is 0. The maximum Gasteiger partial charge on any atom is 0.236 e. The molecule has 2 N–H and O–H groups in total. The fourth-order valence-corrected chi connectivity index (χ4v) is 1.59. The molecule has 0 spiro atoms. The first-order valence-electron chi connectivity index (χ1n) is 5.30. The smallest absolute Gasteiger partial charge is 0.236 e. The number of likely N-dealkylation sites (N-methyl/N-ethyl adjacent to an activating group) is 1. The molecule has 1 aliphatic heterocycles. The Hall–Kier alpha value is -0.610. The van der Waals surface area contributed by atoms with E-state index in [1.54, 1.807) is 7.05 Å². The molecule has 1 amide bonds. The molecule has 0 bridgehead atoms. The lowest BCUT2D eigenvalue weighted by Gasteiger charge is -2.24. The fraction of sp³-hybridized carbons (Fsp3) is 0.900. The van der Waals surface area contributed by atoms with Crippen LogP contribution in [-0.2, 0) is 9.53 Å². The minimum Gasteiger partial charge on any atom is -0.377 e. The van der Waals surface area contributed by atoms with Gasteiger partial charge in [0.2, 0.25) is 5.91 Å². The summed E-state index contributed by atoms with van der Waals surface area (Å²) in [4.78, 5) is 11.2. The van der Waals surface area contributed by atoms with E-state index >= 15 is 0 Å². The van der Waals surface area contributed by atoms with Crippen molar-refractivity contribution in [1.82, 2.24) is 10.6 Å². The Bertz CT molecular complexity index is 179.